The molecule has 0 spiro atoms. The summed E-state index contributed by atoms with van der Waals surface area (Å²) >= 11 is 0. The fraction of sp³-hybridized carbons (Fsp3) is 0.905. The van der Waals surface area contributed by atoms with Gasteiger partial charge in [0.15, 0.2) is 0 Å². The Morgan fingerprint density at radius 2 is 1.31 bits per heavy atom. The standard InChI is InChI=1S/C21H38N2O3/c24-20(22-17-19-13-10-16-26-19)14-15-21(25)23-18-11-8-6-4-2-1-3-5-7-9-12-18/h18-19H,1-17H2,(H,22,24)(H,23,25)/t19-/m0/s1. The van der Waals surface area contributed by atoms with Crippen molar-refractivity contribution in [3.8, 4) is 0 Å². The maximum Gasteiger partial charge on any atom is 0.220 e. The third-order valence-electron chi connectivity index (χ3n) is 5.60. The lowest BCUT2D eigenvalue weighted by Crippen LogP contribution is -2.36. The van der Waals surface area contributed by atoms with Crippen molar-refractivity contribution in [2.75, 3.05) is 13.2 Å². The van der Waals surface area contributed by atoms with Crippen LogP contribution in [0, 0.1) is 0 Å². The number of nitrogens with one attached hydrogen (secondary N) is 2. The third-order valence-corrected chi connectivity index (χ3v) is 5.60. The van der Waals surface area contributed by atoms with E-state index in [0.717, 1.165) is 32.3 Å². The number of hydrogen-bond donors (Lipinski definition) is 2. The monoisotopic (exact) mass is 366 g/mol. The first kappa shape index (κ1) is 21.2. The van der Waals surface area contributed by atoms with Gasteiger partial charge in [-0.15, -0.1) is 0 Å². The summed E-state index contributed by atoms with van der Waals surface area (Å²) in [5.74, 6) is -0.0243. The quantitative estimate of drug-likeness (QED) is 0.750. The fourth-order valence-electron chi connectivity index (χ4n) is 3.96. The molecule has 0 aromatic heterocycles. The van der Waals surface area contributed by atoms with Gasteiger partial charge < -0.3 is 15.4 Å². The van der Waals surface area contributed by atoms with Crippen molar-refractivity contribution in [3.05, 3.63) is 0 Å². The first-order chi connectivity index (χ1) is 12.7. The lowest BCUT2D eigenvalue weighted by Gasteiger charge is -2.19. The minimum Gasteiger partial charge on any atom is -0.376 e. The topological polar surface area (TPSA) is 67.4 Å². The zero-order chi connectivity index (χ0) is 18.5. The highest BCUT2D eigenvalue weighted by Gasteiger charge is 2.17. The fourth-order valence-corrected chi connectivity index (χ4v) is 3.96. The van der Waals surface area contributed by atoms with E-state index >= 15 is 0 Å². The molecule has 1 atom stereocenters. The molecule has 5 nitrogen and oxygen atoms in total. The number of rotatable bonds is 6. The van der Waals surface area contributed by atoms with Gasteiger partial charge in [-0.2, -0.15) is 0 Å². The number of carbonyl (C=O) groups is 2. The summed E-state index contributed by atoms with van der Waals surface area (Å²) in [7, 11) is 0. The summed E-state index contributed by atoms with van der Waals surface area (Å²) in [5, 5.41) is 6.07. The molecule has 2 fully saturated rings. The van der Waals surface area contributed by atoms with Crippen LogP contribution in [0.1, 0.15) is 96.3 Å². The van der Waals surface area contributed by atoms with Gasteiger partial charge in [0.1, 0.15) is 0 Å². The minimum absolute atomic E-state index is 0.0226. The molecule has 0 radical (unpaired) electrons. The van der Waals surface area contributed by atoms with Crippen LogP contribution in [0.15, 0.2) is 0 Å². The van der Waals surface area contributed by atoms with Crippen molar-refractivity contribution >= 4 is 11.8 Å². The number of ether oxygens (including phenoxy) is 1. The van der Waals surface area contributed by atoms with Crippen molar-refractivity contribution in [1.82, 2.24) is 10.6 Å². The molecule has 5 heteroatoms. The molecular weight excluding hydrogens is 328 g/mol. The average Bonchev–Trinajstić information content (AvgIpc) is 3.14. The third kappa shape index (κ3) is 9.56. The molecule has 26 heavy (non-hydrogen) atoms. The second-order valence-electron chi connectivity index (χ2n) is 7.96. The lowest BCUT2D eigenvalue weighted by atomic mass is 9.98. The Morgan fingerprint density at radius 1 is 0.731 bits per heavy atom. The summed E-state index contributed by atoms with van der Waals surface area (Å²) < 4.78 is 5.49. The van der Waals surface area contributed by atoms with E-state index in [4.69, 9.17) is 4.74 Å². The van der Waals surface area contributed by atoms with E-state index < -0.39 is 0 Å². The van der Waals surface area contributed by atoms with Gasteiger partial charge in [-0.25, -0.2) is 0 Å². The predicted molar refractivity (Wildman–Crippen MR) is 104 cm³/mol. The van der Waals surface area contributed by atoms with E-state index in [9.17, 15) is 9.59 Å². The molecule has 1 heterocycles. The number of hydrogen-bond acceptors (Lipinski definition) is 3. The summed E-state index contributed by atoms with van der Waals surface area (Å²) in [6, 6.07) is 0.289. The summed E-state index contributed by atoms with van der Waals surface area (Å²) in [6.07, 6.45) is 16.7. The maximum absolute atomic E-state index is 12.2. The Bertz CT molecular complexity index is 396. The second-order valence-corrected chi connectivity index (χ2v) is 7.96. The van der Waals surface area contributed by atoms with Crippen molar-refractivity contribution in [2.45, 2.75) is 108 Å². The van der Waals surface area contributed by atoms with E-state index in [1.54, 1.807) is 0 Å². The SMILES string of the molecule is O=C(CCC(=O)NC1CCCCCCCCCCC1)NC[C@@H]1CCCO1. The summed E-state index contributed by atoms with van der Waals surface area (Å²) in [4.78, 5) is 24.1. The lowest BCUT2D eigenvalue weighted by molar-refractivity contribution is -0.127. The molecule has 2 amide bonds. The molecule has 0 unspecified atom stereocenters. The molecule has 0 aromatic carbocycles. The highest BCUT2D eigenvalue weighted by Crippen LogP contribution is 2.17. The highest BCUT2D eigenvalue weighted by molar-refractivity contribution is 5.83. The average molecular weight is 367 g/mol. The normalized spacial score (nSPS) is 23.6. The molecule has 1 aliphatic heterocycles. The van der Waals surface area contributed by atoms with Crippen LogP contribution >= 0.6 is 0 Å². The molecule has 0 bridgehead atoms. The van der Waals surface area contributed by atoms with Gasteiger partial charge >= 0.3 is 0 Å². The molecule has 2 aliphatic rings. The van der Waals surface area contributed by atoms with E-state index in [2.05, 4.69) is 10.6 Å². The van der Waals surface area contributed by atoms with Crippen LogP contribution in [0.25, 0.3) is 0 Å². The zero-order valence-electron chi connectivity index (χ0n) is 16.4. The Morgan fingerprint density at radius 3 is 1.88 bits per heavy atom. The van der Waals surface area contributed by atoms with Crippen LogP contribution in [-0.4, -0.2) is 37.1 Å². The molecule has 150 valence electrons. The van der Waals surface area contributed by atoms with Gasteiger partial charge in [-0.1, -0.05) is 57.8 Å². The second kappa shape index (κ2) is 13.1. The minimum atomic E-state index is -0.0469. The molecule has 0 aromatic rings. The van der Waals surface area contributed by atoms with Crippen LogP contribution in [-0.2, 0) is 14.3 Å². The molecular formula is C21H38N2O3. The molecule has 2 N–H and O–H groups in total. The Labute approximate surface area is 159 Å². The van der Waals surface area contributed by atoms with Crippen LogP contribution in [0.4, 0.5) is 0 Å². The first-order valence-electron chi connectivity index (χ1n) is 10.9. The van der Waals surface area contributed by atoms with Gasteiger partial charge in [0.25, 0.3) is 0 Å². The van der Waals surface area contributed by atoms with Crippen molar-refractivity contribution in [1.29, 1.82) is 0 Å². The Hall–Kier alpha value is -1.10. The predicted octanol–water partition coefficient (Wildman–Crippen LogP) is 3.85. The van der Waals surface area contributed by atoms with Gasteiger partial charge in [-0.3, -0.25) is 9.59 Å². The van der Waals surface area contributed by atoms with Crippen molar-refractivity contribution in [2.24, 2.45) is 0 Å². The number of amides is 2. The van der Waals surface area contributed by atoms with E-state index in [1.165, 1.54) is 57.8 Å². The Kier molecular flexibility index (Phi) is 10.7. The van der Waals surface area contributed by atoms with Gasteiger partial charge in [-0.05, 0) is 25.7 Å². The zero-order valence-corrected chi connectivity index (χ0v) is 16.4. The van der Waals surface area contributed by atoms with Crippen molar-refractivity contribution < 1.29 is 14.3 Å². The molecule has 2 rings (SSSR count). The van der Waals surface area contributed by atoms with Crippen molar-refractivity contribution in [3.63, 3.8) is 0 Å². The van der Waals surface area contributed by atoms with Crippen LogP contribution in [0.2, 0.25) is 0 Å². The maximum atomic E-state index is 12.2. The summed E-state index contributed by atoms with van der Waals surface area (Å²) in [6.45, 7) is 1.37. The first-order valence-corrected chi connectivity index (χ1v) is 10.9. The van der Waals surface area contributed by atoms with E-state index in [0.29, 0.717) is 6.54 Å². The summed E-state index contributed by atoms with van der Waals surface area (Å²) in [5.41, 5.74) is 0. The van der Waals surface area contributed by atoms with Gasteiger partial charge in [0, 0.05) is 32.0 Å². The molecule has 1 aliphatic carbocycles. The van der Waals surface area contributed by atoms with Crippen LogP contribution < -0.4 is 10.6 Å². The smallest absolute Gasteiger partial charge is 0.220 e. The number of carbonyl (C=O) groups excluding carboxylic acids is 2. The Balaban J connectivity index is 1.60. The largest absolute Gasteiger partial charge is 0.376 e. The van der Waals surface area contributed by atoms with Gasteiger partial charge in [0.05, 0.1) is 6.10 Å². The van der Waals surface area contributed by atoms with E-state index in [-0.39, 0.29) is 36.8 Å². The van der Waals surface area contributed by atoms with Crippen LogP contribution in [0.5, 0.6) is 0 Å². The molecule has 1 saturated heterocycles. The van der Waals surface area contributed by atoms with Gasteiger partial charge in [0.2, 0.25) is 11.8 Å². The van der Waals surface area contributed by atoms with Crippen LogP contribution in [0.3, 0.4) is 0 Å². The molecule has 1 saturated carbocycles. The highest BCUT2D eigenvalue weighted by atomic mass is 16.5. The van der Waals surface area contributed by atoms with E-state index in [1.807, 2.05) is 0 Å².